The molecule has 1 aromatic carbocycles. The number of alkyl halides is 1. The largest absolute Gasteiger partial charge is 0.289 e. The lowest BCUT2D eigenvalue weighted by Crippen LogP contribution is -2.27. The second-order valence-electron chi connectivity index (χ2n) is 4.99. The highest BCUT2D eigenvalue weighted by Crippen LogP contribution is 2.33. The molecule has 0 radical (unpaired) electrons. The summed E-state index contributed by atoms with van der Waals surface area (Å²) < 4.78 is 1.11. The van der Waals surface area contributed by atoms with Crippen molar-refractivity contribution in [2.45, 2.75) is 24.7 Å². The lowest BCUT2D eigenvalue weighted by atomic mass is 9.85. The zero-order chi connectivity index (χ0) is 13.9. The number of hydrogen-bond donors (Lipinski definition) is 0. The van der Waals surface area contributed by atoms with Crippen molar-refractivity contribution in [2.24, 2.45) is 10.4 Å². The topological polar surface area (TPSA) is 12.4 Å². The highest BCUT2D eigenvalue weighted by Gasteiger charge is 2.27. The Labute approximate surface area is 131 Å². The predicted octanol–water partition coefficient (Wildman–Crippen LogP) is 5.48. The fourth-order valence-corrected chi connectivity index (χ4v) is 3.07. The molecule has 0 fully saturated rings. The van der Waals surface area contributed by atoms with Gasteiger partial charge < -0.3 is 0 Å². The highest BCUT2D eigenvalue weighted by molar-refractivity contribution is 9.10. The maximum Gasteiger partial charge on any atom is 0.0728 e. The molecule has 0 heterocycles. The van der Waals surface area contributed by atoms with Gasteiger partial charge in [-0.2, -0.15) is 0 Å². The minimum absolute atomic E-state index is 0.0652. The van der Waals surface area contributed by atoms with Gasteiger partial charge in [-0.05, 0) is 25.5 Å². The predicted molar refractivity (Wildman–Crippen MR) is 90.2 cm³/mol. The van der Waals surface area contributed by atoms with Gasteiger partial charge in [0.2, 0.25) is 0 Å². The van der Waals surface area contributed by atoms with Gasteiger partial charge in [-0.25, -0.2) is 0 Å². The van der Waals surface area contributed by atoms with Crippen molar-refractivity contribution >= 4 is 38.1 Å². The van der Waals surface area contributed by atoms with E-state index in [2.05, 4.69) is 88.4 Å². The molecule has 0 saturated carbocycles. The van der Waals surface area contributed by atoms with Gasteiger partial charge >= 0.3 is 0 Å². The fraction of sp³-hybridized carbons (Fsp3) is 0.312. The first-order chi connectivity index (χ1) is 9.03. The van der Waals surface area contributed by atoms with Crippen LogP contribution in [0.4, 0.5) is 0 Å². The molecule has 3 atom stereocenters. The molecule has 3 heteroatoms. The molecule has 0 saturated heterocycles. The van der Waals surface area contributed by atoms with Crippen LogP contribution < -0.4 is 0 Å². The molecule has 0 bridgehead atoms. The summed E-state index contributed by atoms with van der Waals surface area (Å²) in [6, 6.07) is 8.38. The third-order valence-electron chi connectivity index (χ3n) is 3.37. The van der Waals surface area contributed by atoms with Crippen molar-refractivity contribution in [2.75, 3.05) is 0 Å². The molecule has 100 valence electrons. The lowest BCUT2D eigenvalue weighted by Gasteiger charge is -2.27. The molecule has 1 aliphatic carbocycles. The van der Waals surface area contributed by atoms with E-state index in [0.29, 0.717) is 4.83 Å². The van der Waals surface area contributed by atoms with E-state index < -0.39 is 0 Å². The van der Waals surface area contributed by atoms with E-state index in [4.69, 9.17) is 4.99 Å². The third-order valence-corrected chi connectivity index (χ3v) is 5.39. The summed E-state index contributed by atoms with van der Waals surface area (Å²) in [5.74, 6) is 0. The Kier molecular flexibility index (Phi) is 4.80. The maximum atomic E-state index is 4.73. The molecule has 0 spiro atoms. The van der Waals surface area contributed by atoms with Crippen LogP contribution in [-0.4, -0.2) is 11.0 Å². The van der Waals surface area contributed by atoms with E-state index >= 15 is 0 Å². The van der Waals surface area contributed by atoms with Gasteiger partial charge in [0, 0.05) is 20.9 Å². The number of allylic oxidation sites excluding steroid dienone is 4. The van der Waals surface area contributed by atoms with E-state index in [9.17, 15) is 0 Å². The standard InChI is InChI=1S/C16H17Br2N/c1-12(13-7-3-4-8-14(13)17)19-11-16(2)10-6-5-9-15(16)18/h3-12,15H,1-2H3. The number of aliphatic imine (C=N–C) groups is 1. The number of benzene rings is 1. The summed E-state index contributed by atoms with van der Waals surface area (Å²) in [5, 5.41) is 0. The van der Waals surface area contributed by atoms with Crippen LogP contribution in [0.25, 0.3) is 0 Å². The van der Waals surface area contributed by atoms with E-state index in [-0.39, 0.29) is 11.5 Å². The molecule has 1 aliphatic rings. The Morgan fingerprint density at radius 1 is 1.32 bits per heavy atom. The van der Waals surface area contributed by atoms with Crippen LogP contribution in [0.5, 0.6) is 0 Å². The van der Waals surface area contributed by atoms with E-state index in [1.807, 2.05) is 12.1 Å². The van der Waals surface area contributed by atoms with Gasteiger partial charge in [0.25, 0.3) is 0 Å². The summed E-state index contributed by atoms with van der Waals surface area (Å²) in [6.07, 6.45) is 10.5. The average molecular weight is 383 g/mol. The van der Waals surface area contributed by atoms with Gasteiger partial charge in [-0.3, -0.25) is 4.99 Å². The van der Waals surface area contributed by atoms with E-state index in [1.165, 1.54) is 5.56 Å². The number of hydrogen-bond acceptors (Lipinski definition) is 1. The number of nitrogens with zero attached hydrogens (tertiary/aromatic N) is 1. The Morgan fingerprint density at radius 2 is 2.05 bits per heavy atom. The first-order valence-electron chi connectivity index (χ1n) is 6.32. The molecule has 2 rings (SSSR count). The van der Waals surface area contributed by atoms with Gasteiger partial charge in [0.1, 0.15) is 0 Å². The fourth-order valence-electron chi connectivity index (χ4n) is 2.00. The van der Waals surface area contributed by atoms with Crippen LogP contribution >= 0.6 is 31.9 Å². The van der Waals surface area contributed by atoms with Gasteiger partial charge in [-0.15, -0.1) is 0 Å². The summed E-state index contributed by atoms with van der Waals surface area (Å²) in [4.78, 5) is 5.02. The molecule has 0 aromatic heterocycles. The van der Waals surface area contributed by atoms with E-state index in [0.717, 1.165) is 4.47 Å². The molecule has 19 heavy (non-hydrogen) atoms. The smallest absolute Gasteiger partial charge is 0.0728 e. The zero-order valence-electron chi connectivity index (χ0n) is 11.1. The van der Waals surface area contributed by atoms with Crippen molar-refractivity contribution in [1.82, 2.24) is 0 Å². The lowest BCUT2D eigenvalue weighted by molar-refractivity contribution is 0.629. The van der Waals surface area contributed by atoms with Crippen LogP contribution in [0.2, 0.25) is 0 Å². The molecule has 3 unspecified atom stereocenters. The third kappa shape index (κ3) is 3.46. The van der Waals surface area contributed by atoms with Crippen LogP contribution in [0.1, 0.15) is 25.5 Å². The number of halogens is 2. The summed E-state index contributed by atoms with van der Waals surface area (Å²) in [7, 11) is 0. The van der Waals surface area contributed by atoms with Gasteiger partial charge in [0.05, 0.1) is 6.04 Å². The second-order valence-corrected chi connectivity index (χ2v) is 6.83. The normalized spacial score (nSPS) is 27.9. The molecule has 0 N–H and O–H groups in total. The van der Waals surface area contributed by atoms with Crippen LogP contribution in [0, 0.1) is 5.41 Å². The van der Waals surface area contributed by atoms with Crippen molar-refractivity contribution < 1.29 is 0 Å². The molecule has 1 nitrogen and oxygen atoms in total. The minimum atomic E-state index is -0.0652. The molecule has 0 aliphatic heterocycles. The molecule has 0 amide bonds. The van der Waals surface area contributed by atoms with Crippen molar-refractivity contribution in [3.05, 3.63) is 58.6 Å². The van der Waals surface area contributed by atoms with Gasteiger partial charge in [0.15, 0.2) is 0 Å². The summed E-state index contributed by atoms with van der Waals surface area (Å²) >= 11 is 7.27. The quantitative estimate of drug-likeness (QED) is 0.485. The Balaban J connectivity index is 2.17. The van der Waals surface area contributed by atoms with Crippen molar-refractivity contribution in [3.63, 3.8) is 0 Å². The Bertz CT molecular complexity index is 533. The molecule has 1 aromatic rings. The highest BCUT2D eigenvalue weighted by atomic mass is 79.9. The zero-order valence-corrected chi connectivity index (χ0v) is 14.2. The number of rotatable bonds is 3. The van der Waals surface area contributed by atoms with E-state index in [1.54, 1.807) is 0 Å². The first kappa shape index (κ1) is 14.7. The average Bonchev–Trinajstić information content (AvgIpc) is 2.40. The minimum Gasteiger partial charge on any atom is -0.289 e. The maximum absolute atomic E-state index is 4.73. The SMILES string of the molecule is CC(N=CC1(C)C=CC=CC1Br)c1ccccc1Br. The summed E-state index contributed by atoms with van der Waals surface area (Å²) in [6.45, 7) is 4.30. The molecular weight excluding hydrogens is 366 g/mol. The second kappa shape index (κ2) is 6.19. The monoisotopic (exact) mass is 381 g/mol. The van der Waals surface area contributed by atoms with Crippen LogP contribution in [0.15, 0.2) is 58.0 Å². The van der Waals surface area contributed by atoms with Crippen LogP contribution in [-0.2, 0) is 0 Å². The van der Waals surface area contributed by atoms with Gasteiger partial charge in [-0.1, -0.05) is 74.4 Å². The van der Waals surface area contributed by atoms with Crippen molar-refractivity contribution in [3.8, 4) is 0 Å². The van der Waals surface area contributed by atoms with Crippen molar-refractivity contribution in [1.29, 1.82) is 0 Å². The molecular formula is C16H17Br2N. The summed E-state index contributed by atoms with van der Waals surface area (Å²) in [5.41, 5.74) is 1.15. The Hall–Kier alpha value is -0.670. The van der Waals surface area contributed by atoms with Crippen LogP contribution in [0.3, 0.4) is 0 Å². The first-order valence-corrected chi connectivity index (χ1v) is 8.03. The Morgan fingerprint density at radius 3 is 2.74 bits per heavy atom.